The summed E-state index contributed by atoms with van der Waals surface area (Å²) < 4.78 is 0. The standard InChI is InChI=1S/C15H19N5OS/c1-3-20-16-8-14(18-20)17-15(21)19-9-12-6-4-5-7-13(12)22-10-11(19)2/h4-8,11H,3,9-10H2,1-2H3,(H,17,18,21). The van der Waals surface area contributed by atoms with E-state index in [9.17, 15) is 4.79 Å². The molecule has 2 amide bonds. The second-order valence-corrected chi connectivity index (χ2v) is 6.31. The summed E-state index contributed by atoms with van der Waals surface area (Å²) in [7, 11) is 0. The highest BCUT2D eigenvalue weighted by atomic mass is 32.2. The monoisotopic (exact) mass is 317 g/mol. The first-order valence-electron chi connectivity index (χ1n) is 7.36. The Labute approximate surface area is 133 Å². The van der Waals surface area contributed by atoms with E-state index < -0.39 is 0 Å². The molecule has 0 spiro atoms. The van der Waals surface area contributed by atoms with Gasteiger partial charge in [-0.1, -0.05) is 18.2 Å². The van der Waals surface area contributed by atoms with E-state index in [1.165, 1.54) is 10.5 Å². The number of carbonyl (C=O) groups excluding carboxylic acids is 1. The number of rotatable bonds is 2. The van der Waals surface area contributed by atoms with Gasteiger partial charge in [-0.3, -0.25) is 5.32 Å². The predicted octanol–water partition coefficient (Wildman–Crippen LogP) is 2.83. The van der Waals surface area contributed by atoms with Crippen LogP contribution in [0.1, 0.15) is 19.4 Å². The molecule has 1 N–H and O–H groups in total. The number of aryl methyl sites for hydroxylation is 1. The van der Waals surface area contributed by atoms with Gasteiger partial charge in [-0.15, -0.1) is 16.9 Å². The maximum atomic E-state index is 12.6. The summed E-state index contributed by atoms with van der Waals surface area (Å²) >= 11 is 1.80. The van der Waals surface area contributed by atoms with Gasteiger partial charge in [0.05, 0.1) is 12.7 Å². The van der Waals surface area contributed by atoms with Gasteiger partial charge in [0, 0.05) is 23.2 Å². The Kier molecular flexibility index (Phi) is 4.33. The number of benzene rings is 1. The maximum Gasteiger partial charge on any atom is 0.323 e. The smallest absolute Gasteiger partial charge is 0.317 e. The first-order chi connectivity index (χ1) is 10.7. The van der Waals surface area contributed by atoms with Gasteiger partial charge in [-0.05, 0) is 25.5 Å². The van der Waals surface area contributed by atoms with Crippen molar-refractivity contribution in [2.75, 3.05) is 11.1 Å². The molecule has 1 unspecified atom stereocenters. The van der Waals surface area contributed by atoms with Gasteiger partial charge in [0.15, 0.2) is 5.82 Å². The van der Waals surface area contributed by atoms with Crippen LogP contribution in [0, 0.1) is 0 Å². The Bertz CT molecular complexity index is 671. The van der Waals surface area contributed by atoms with Crippen LogP contribution in [0.25, 0.3) is 0 Å². The van der Waals surface area contributed by atoms with E-state index in [0.29, 0.717) is 18.9 Å². The Morgan fingerprint density at radius 3 is 3.05 bits per heavy atom. The lowest BCUT2D eigenvalue weighted by atomic mass is 10.2. The summed E-state index contributed by atoms with van der Waals surface area (Å²) in [5.41, 5.74) is 1.18. The number of hydrogen-bond donors (Lipinski definition) is 1. The number of anilines is 1. The molecule has 0 fully saturated rings. The van der Waals surface area contributed by atoms with Crippen molar-refractivity contribution in [2.24, 2.45) is 0 Å². The summed E-state index contributed by atoms with van der Waals surface area (Å²) in [4.78, 5) is 17.2. The average Bonchev–Trinajstić information content (AvgIpc) is 2.91. The summed E-state index contributed by atoms with van der Waals surface area (Å²) in [5, 5.41) is 11.1. The lowest BCUT2D eigenvalue weighted by Crippen LogP contribution is -2.41. The largest absolute Gasteiger partial charge is 0.323 e. The third-order valence-corrected chi connectivity index (χ3v) is 5.00. The minimum absolute atomic E-state index is 0.132. The van der Waals surface area contributed by atoms with E-state index in [2.05, 4.69) is 34.6 Å². The molecule has 0 saturated heterocycles. The molecule has 2 heterocycles. The predicted molar refractivity (Wildman–Crippen MR) is 86.9 cm³/mol. The highest BCUT2D eigenvalue weighted by molar-refractivity contribution is 7.99. The van der Waals surface area contributed by atoms with Crippen LogP contribution in [-0.2, 0) is 13.1 Å². The number of nitrogens with one attached hydrogen (secondary N) is 1. The molecule has 0 bridgehead atoms. The third kappa shape index (κ3) is 3.09. The molecule has 0 aliphatic carbocycles. The Balaban J connectivity index is 1.76. The molecule has 6 nitrogen and oxygen atoms in total. The van der Waals surface area contributed by atoms with Crippen LogP contribution in [0.3, 0.4) is 0 Å². The van der Waals surface area contributed by atoms with E-state index in [4.69, 9.17) is 0 Å². The summed E-state index contributed by atoms with van der Waals surface area (Å²) in [6.07, 6.45) is 1.58. The molecule has 0 saturated carbocycles. The molecular weight excluding hydrogens is 298 g/mol. The van der Waals surface area contributed by atoms with Crippen LogP contribution < -0.4 is 5.32 Å². The second kappa shape index (κ2) is 6.39. The van der Waals surface area contributed by atoms with Gasteiger partial charge >= 0.3 is 6.03 Å². The lowest BCUT2D eigenvalue weighted by molar-refractivity contribution is 0.195. The molecular formula is C15H19N5OS. The van der Waals surface area contributed by atoms with Gasteiger partial charge in [0.1, 0.15) is 0 Å². The number of carbonyl (C=O) groups is 1. The van der Waals surface area contributed by atoms with E-state index in [0.717, 1.165) is 5.75 Å². The minimum Gasteiger partial charge on any atom is -0.317 e. The zero-order valence-electron chi connectivity index (χ0n) is 12.7. The number of urea groups is 1. The summed E-state index contributed by atoms with van der Waals surface area (Å²) in [5.74, 6) is 1.37. The number of fused-ring (bicyclic) bond motifs is 1. The maximum absolute atomic E-state index is 12.6. The SMILES string of the molecule is CCn1ncc(NC(=O)N2Cc3ccccc3SCC2C)n1. The quantitative estimate of drug-likeness (QED) is 0.925. The first kappa shape index (κ1) is 14.9. The van der Waals surface area contributed by atoms with Crippen LogP contribution in [0.15, 0.2) is 35.4 Å². The molecule has 1 aromatic heterocycles. The van der Waals surface area contributed by atoms with Crippen molar-refractivity contribution in [3.05, 3.63) is 36.0 Å². The third-order valence-electron chi connectivity index (χ3n) is 3.64. The Hall–Kier alpha value is -2.02. The second-order valence-electron chi connectivity index (χ2n) is 5.24. The lowest BCUT2D eigenvalue weighted by Gasteiger charge is -2.26. The average molecular weight is 317 g/mol. The number of nitrogens with zero attached hydrogens (tertiary/aromatic N) is 4. The molecule has 116 valence electrons. The van der Waals surface area contributed by atoms with Crippen molar-refractivity contribution in [3.8, 4) is 0 Å². The van der Waals surface area contributed by atoms with E-state index >= 15 is 0 Å². The zero-order valence-corrected chi connectivity index (χ0v) is 13.5. The molecule has 7 heteroatoms. The minimum atomic E-state index is -0.132. The fraction of sp³-hybridized carbons (Fsp3) is 0.400. The van der Waals surface area contributed by atoms with Crippen LogP contribution in [0.4, 0.5) is 10.6 Å². The molecule has 3 rings (SSSR count). The van der Waals surface area contributed by atoms with Crippen LogP contribution in [0.2, 0.25) is 0 Å². The molecule has 22 heavy (non-hydrogen) atoms. The fourth-order valence-electron chi connectivity index (χ4n) is 2.38. The molecule has 1 aliphatic rings. The molecule has 1 aromatic carbocycles. The number of amides is 2. The van der Waals surface area contributed by atoms with Gasteiger partial charge in [-0.2, -0.15) is 9.90 Å². The van der Waals surface area contributed by atoms with E-state index in [-0.39, 0.29) is 12.1 Å². The van der Waals surface area contributed by atoms with E-state index in [1.807, 2.05) is 24.0 Å². The number of hydrogen-bond acceptors (Lipinski definition) is 4. The Morgan fingerprint density at radius 2 is 2.27 bits per heavy atom. The van der Waals surface area contributed by atoms with Crippen molar-refractivity contribution in [1.29, 1.82) is 0 Å². The highest BCUT2D eigenvalue weighted by Gasteiger charge is 2.25. The summed E-state index contributed by atoms with van der Waals surface area (Å²) in [6, 6.07) is 8.26. The normalized spacial score (nSPS) is 17.7. The van der Waals surface area contributed by atoms with Crippen molar-refractivity contribution < 1.29 is 4.79 Å². The first-order valence-corrected chi connectivity index (χ1v) is 8.34. The topological polar surface area (TPSA) is 63.1 Å². The van der Waals surface area contributed by atoms with Gasteiger partial charge in [0.2, 0.25) is 0 Å². The van der Waals surface area contributed by atoms with Gasteiger partial charge in [-0.25, -0.2) is 4.79 Å². The van der Waals surface area contributed by atoms with Gasteiger partial charge < -0.3 is 4.90 Å². The fourth-order valence-corrected chi connectivity index (χ4v) is 3.47. The van der Waals surface area contributed by atoms with Crippen molar-refractivity contribution >= 4 is 23.6 Å². The summed E-state index contributed by atoms with van der Waals surface area (Å²) in [6.45, 7) is 5.32. The number of aromatic nitrogens is 3. The van der Waals surface area contributed by atoms with E-state index in [1.54, 1.807) is 22.8 Å². The van der Waals surface area contributed by atoms with Crippen molar-refractivity contribution in [2.45, 2.75) is 37.9 Å². The molecule has 0 radical (unpaired) electrons. The molecule has 2 aromatic rings. The Morgan fingerprint density at radius 1 is 1.45 bits per heavy atom. The van der Waals surface area contributed by atoms with Crippen LogP contribution in [0.5, 0.6) is 0 Å². The molecule has 1 atom stereocenters. The molecule has 1 aliphatic heterocycles. The highest BCUT2D eigenvalue weighted by Crippen LogP contribution is 2.30. The van der Waals surface area contributed by atoms with Gasteiger partial charge in [0.25, 0.3) is 0 Å². The van der Waals surface area contributed by atoms with Crippen molar-refractivity contribution in [3.63, 3.8) is 0 Å². The van der Waals surface area contributed by atoms with Crippen LogP contribution in [-0.4, -0.2) is 37.7 Å². The van der Waals surface area contributed by atoms with Crippen molar-refractivity contribution in [1.82, 2.24) is 19.9 Å². The van der Waals surface area contributed by atoms with Crippen LogP contribution >= 0.6 is 11.8 Å². The zero-order chi connectivity index (χ0) is 15.5. The number of thioether (sulfide) groups is 1.